The van der Waals surface area contributed by atoms with Crippen molar-refractivity contribution >= 4 is 11.6 Å². The Kier molecular flexibility index (Phi) is 4.73. The molecule has 2 N–H and O–H groups in total. The van der Waals surface area contributed by atoms with E-state index in [9.17, 15) is 17.6 Å². The number of hydrogen-bond donors (Lipinski definition) is 2. The van der Waals surface area contributed by atoms with Gasteiger partial charge in [-0.05, 0) is 18.2 Å². The highest BCUT2D eigenvalue weighted by Gasteiger charge is 2.28. The lowest BCUT2D eigenvalue weighted by atomic mass is 10.1. The third-order valence-corrected chi connectivity index (χ3v) is 2.30. The molecule has 1 aromatic rings. The molecule has 1 rings (SSSR count). The van der Waals surface area contributed by atoms with Crippen molar-refractivity contribution in [2.24, 2.45) is 0 Å². The molecule has 1 atom stereocenters. The molecule has 0 heterocycles. The SMILES string of the molecule is OCC(NCC(F)(F)F)c1cc(Cl)ccc1F. The van der Waals surface area contributed by atoms with E-state index in [1.54, 1.807) is 0 Å². The average Bonchev–Trinajstić information content (AvgIpc) is 2.22. The minimum Gasteiger partial charge on any atom is -0.394 e. The van der Waals surface area contributed by atoms with Gasteiger partial charge in [0.05, 0.1) is 19.2 Å². The molecule has 96 valence electrons. The summed E-state index contributed by atoms with van der Waals surface area (Å²) in [4.78, 5) is 0. The fourth-order valence-corrected chi connectivity index (χ4v) is 1.47. The van der Waals surface area contributed by atoms with Crippen molar-refractivity contribution in [3.63, 3.8) is 0 Å². The van der Waals surface area contributed by atoms with E-state index < -0.39 is 31.2 Å². The van der Waals surface area contributed by atoms with E-state index in [0.717, 1.165) is 6.07 Å². The van der Waals surface area contributed by atoms with Crippen molar-refractivity contribution in [3.05, 3.63) is 34.6 Å². The second-order valence-electron chi connectivity index (χ2n) is 3.40. The van der Waals surface area contributed by atoms with Gasteiger partial charge in [0.15, 0.2) is 0 Å². The highest BCUT2D eigenvalue weighted by atomic mass is 35.5. The van der Waals surface area contributed by atoms with Crippen molar-refractivity contribution in [1.29, 1.82) is 0 Å². The first-order valence-electron chi connectivity index (χ1n) is 4.69. The topological polar surface area (TPSA) is 32.3 Å². The smallest absolute Gasteiger partial charge is 0.394 e. The maximum atomic E-state index is 13.3. The highest BCUT2D eigenvalue weighted by molar-refractivity contribution is 6.30. The van der Waals surface area contributed by atoms with E-state index in [2.05, 4.69) is 0 Å². The minimum absolute atomic E-state index is 0.0933. The number of aliphatic hydroxyl groups excluding tert-OH is 1. The first kappa shape index (κ1) is 14.2. The molecule has 0 aromatic heterocycles. The van der Waals surface area contributed by atoms with Crippen LogP contribution in [0.3, 0.4) is 0 Å². The van der Waals surface area contributed by atoms with Gasteiger partial charge >= 0.3 is 6.18 Å². The zero-order valence-electron chi connectivity index (χ0n) is 8.56. The van der Waals surface area contributed by atoms with Gasteiger partial charge in [0.2, 0.25) is 0 Å². The zero-order chi connectivity index (χ0) is 13.1. The second-order valence-corrected chi connectivity index (χ2v) is 3.83. The molecular formula is C10H10ClF4NO. The Morgan fingerprint density at radius 1 is 1.35 bits per heavy atom. The predicted octanol–water partition coefficient (Wildman–Crippen LogP) is 2.66. The number of hydrogen-bond acceptors (Lipinski definition) is 2. The lowest BCUT2D eigenvalue weighted by Gasteiger charge is -2.18. The van der Waals surface area contributed by atoms with Crippen LogP contribution in [0.5, 0.6) is 0 Å². The van der Waals surface area contributed by atoms with Crippen LogP contribution in [-0.2, 0) is 0 Å². The maximum absolute atomic E-state index is 13.3. The van der Waals surface area contributed by atoms with Crippen LogP contribution in [0.25, 0.3) is 0 Å². The molecule has 0 saturated heterocycles. The minimum atomic E-state index is -4.43. The lowest BCUT2D eigenvalue weighted by Crippen LogP contribution is -2.34. The van der Waals surface area contributed by atoms with E-state index >= 15 is 0 Å². The Morgan fingerprint density at radius 3 is 2.53 bits per heavy atom. The monoisotopic (exact) mass is 271 g/mol. The van der Waals surface area contributed by atoms with Crippen LogP contribution in [0.4, 0.5) is 17.6 Å². The van der Waals surface area contributed by atoms with Crippen LogP contribution in [0.1, 0.15) is 11.6 Å². The fourth-order valence-electron chi connectivity index (χ4n) is 1.29. The van der Waals surface area contributed by atoms with Gasteiger partial charge in [-0.3, -0.25) is 5.32 Å². The highest BCUT2D eigenvalue weighted by Crippen LogP contribution is 2.22. The molecule has 0 saturated carbocycles. The predicted molar refractivity (Wildman–Crippen MR) is 55.3 cm³/mol. The van der Waals surface area contributed by atoms with Crippen molar-refractivity contribution < 1.29 is 22.7 Å². The Balaban J connectivity index is 2.82. The molecule has 0 bridgehead atoms. The van der Waals surface area contributed by atoms with Crippen molar-refractivity contribution in [1.82, 2.24) is 5.32 Å². The number of benzene rings is 1. The van der Waals surface area contributed by atoms with Crippen molar-refractivity contribution in [3.8, 4) is 0 Å². The summed E-state index contributed by atoms with van der Waals surface area (Å²) in [6.07, 6.45) is -4.43. The Morgan fingerprint density at radius 2 is 2.00 bits per heavy atom. The molecule has 0 fully saturated rings. The largest absolute Gasteiger partial charge is 0.401 e. The summed E-state index contributed by atoms with van der Waals surface area (Å²) in [7, 11) is 0. The van der Waals surface area contributed by atoms with Crippen LogP contribution in [-0.4, -0.2) is 24.4 Å². The van der Waals surface area contributed by atoms with Crippen molar-refractivity contribution in [2.45, 2.75) is 12.2 Å². The molecule has 1 aromatic carbocycles. The third kappa shape index (κ3) is 4.49. The normalized spacial score (nSPS) is 13.8. The number of rotatable bonds is 4. The first-order valence-corrected chi connectivity index (χ1v) is 5.07. The maximum Gasteiger partial charge on any atom is 0.401 e. The molecule has 17 heavy (non-hydrogen) atoms. The molecule has 0 aliphatic heterocycles. The lowest BCUT2D eigenvalue weighted by molar-refractivity contribution is -0.126. The van der Waals surface area contributed by atoms with Gasteiger partial charge in [-0.1, -0.05) is 11.6 Å². The molecule has 0 spiro atoms. The summed E-state index contributed by atoms with van der Waals surface area (Å²) < 4.78 is 49.3. The van der Waals surface area contributed by atoms with Crippen LogP contribution in [0, 0.1) is 5.82 Å². The first-order chi connectivity index (χ1) is 7.83. The second kappa shape index (κ2) is 5.66. The number of halogens is 5. The molecular weight excluding hydrogens is 262 g/mol. The van der Waals surface area contributed by atoms with Crippen LogP contribution in [0.15, 0.2) is 18.2 Å². The van der Waals surface area contributed by atoms with E-state index in [4.69, 9.17) is 16.7 Å². The molecule has 1 unspecified atom stereocenters. The summed E-state index contributed by atoms with van der Waals surface area (Å²) in [5, 5.41) is 11.2. The van der Waals surface area contributed by atoms with Crippen molar-refractivity contribution in [2.75, 3.05) is 13.2 Å². The number of nitrogens with one attached hydrogen (secondary N) is 1. The number of aliphatic hydroxyl groups is 1. The van der Waals surface area contributed by atoms with Gasteiger partial charge in [0.1, 0.15) is 5.82 Å². The van der Waals surface area contributed by atoms with Gasteiger partial charge in [-0.25, -0.2) is 4.39 Å². The standard InChI is InChI=1S/C10H10ClF4NO/c11-6-1-2-8(12)7(3-6)9(4-17)16-5-10(13,14)15/h1-3,9,16-17H,4-5H2. The van der Waals surface area contributed by atoms with E-state index in [-0.39, 0.29) is 10.6 Å². The Hall–Kier alpha value is -0.850. The Bertz CT molecular complexity index is 383. The fraction of sp³-hybridized carbons (Fsp3) is 0.400. The van der Waals surface area contributed by atoms with Gasteiger partial charge in [-0.15, -0.1) is 0 Å². The van der Waals surface area contributed by atoms with Gasteiger partial charge in [0, 0.05) is 10.6 Å². The summed E-state index contributed by atoms with van der Waals surface area (Å²) in [5.41, 5.74) is -0.0933. The van der Waals surface area contributed by atoms with Crippen LogP contribution in [0.2, 0.25) is 5.02 Å². The molecule has 0 aliphatic carbocycles. The van der Waals surface area contributed by atoms with Crippen LogP contribution < -0.4 is 5.32 Å². The average molecular weight is 272 g/mol. The third-order valence-electron chi connectivity index (χ3n) is 2.06. The van der Waals surface area contributed by atoms with Gasteiger partial charge in [0.25, 0.3) is 0 Å². The summed E-state index contributed by atoms with van der Waals surface area (Å²) >= 11 is 5.61. The molecule has 0 amide bonds. The number of alkyl halides is 3. The van der Waals surface area contributed by atoms with E-state index in [0.29, 0.717) is 0 Å². The summed E-state index contributed by atoms with van der Waals surface area (Å²) in [6.45, 7) is -1.97. The van der Waals surface area contributed by atoms with Gasteiger partial charge in [-0.2, -0.15) is 13.2 Å². The van der Waals surface area contributed by atoms with E-state index in [1.165, 1.54) is 12.1 Å². The van der Waals surface area contributed by atoms with E-state index in [1.807, 2.05) is 5.32 Å². The summed E-state index contributed by atoms with van der Waals surface area (Å²) in [6, 6.07) is 2.35. The molecule has 0 aliphatic rings. The quantitative estimate of drug-likeness (QED) is 0.825. The Labute approximate surface area is 100 Å². The molecule has 2 nitrogen and oxygen atoms in total. The molecule has 7 heteroatoms. The van der Waals surface area contributed by atoms with Crippen LogP contribution >= 0.6 is 11.6 Å². The van der Waals surface area contributed by atoms with Gasteiger partial charge < -0.3 is 5.11 Å². The zero-order valence-corrected chi connectivity index (χ0v) is 9.32. The summed E-state index contributed by atoms with van der Waals surface area (Å²) in [5.74, 6) is -0.719. The molecule has 0 radical (unpaired) electrons.